The molecule has 1 unspecified atom stereocenters. The number of hydrogen-bond acceptors (Lipinski definition) is 2. The van der Waals surface area contributed by atoms with Crippen LogP contribution < -0.4 is 5.32 Å². The van der Waals surface area contributed by atoms with E-state index in [1.54, 1.807) is 0 Å². The minimum absolute atomic E-state index is 0.732. The first kappa shape index (κ1) is 14.0. The minimum Gasteiger partial charge on any atom is -0.312 e. The average molecular weight is 226 g/mol. The highest BCUT2D eigenvalue weighted by Crippen LogP contribution is 2.20. The molecule has 0 aromatic carbocycles. The summed E-state index contributed by atoms with van der Waals surface area (Å²) in [6.45, 7) is 8.10. The molecule has 0 spiro atoms. The van der Waals surface area contributed by atoms with E-state index in [4.69, 9.17) is 0 Å². The van der Waals surface area contributed by atoms with Crippen LogP contribution >= 0.6 is 0 Å². The van der Waals surface area contributed by atoms with E-state index in [9.17, 15) is 0 Å². The van der Waals surface area contributed by atoms with Crippen molar-refractivity contribution < 1.29 is 0 Å². The Morgan fingerprint density at radius 3 is 2.19 bits per heavy atom. The van der Waals surface area contributed by atoms with Gasteiger partial charge in [-0.3, -0.25) is 4.90 Å². The molecule has 96 valence electrons. The van der Waals surface area contributed by atoms with Crippen LogP contribution in [0.1, 0.15) is 59.3 Å². The standard InChI is InChI=1S/C14H30N2/c1-5-8-14(11-15-12-9-10-12)16(4)13(6-2)7-3/h12-15H,5-11H2,1-4H3. The highest BCUT2D eigenvalue weighted by atomic mass is 15.2. The SMILES string of the molecule is CCCC(CNC1CC1)N(C)C(CC)CC. The average Bonchev–Trinajstić information content (AvgIpc) is 3.09. The summed E-state index contributed by atoms with van der Waals surface area (Å²) >= 11 is 0. The second kappa shape index (κ2) is 7.29. The molecule has 1 rings (SSSR count). The molecule has 0 aromatic heterocycles. The lowest BCUT2D eigenvalue weighted by atomic mass is 10.0. The second-order valence-electron chi connectivity index (χ2n) is 5.26. The number of hydrogen-bond donors (Lipinski definition) is 1. The van der Waals surface area contributed by atoms with E-state index < -0.39 is 0 Å². The van der Waals surface area contributed by atoms with Gasteiger partial charge in [-0.05, 0) is 39.2 Å². The Labute approximate surface area is 102 Å². The van der Waals surface area contributed by atoms with Gasteiger partial charge in [0, 0.05) is 24.7 Å². The fraction of sp³-hybridized carbons (Fsp3) is 1.00. The summed E-state index contributed by atoms with van der Waals surface area (Å²) < 4.78 is 0. The molecule has 0 aliphatic heterocycles. The third kappa shape index (κ3) is 4.42. The third-order valence-corrected chi connectivity index (χ3v) is 3.94. The predicted molar refractivity (Wildman–Crippen MR) is 71.9 cm³/mol. The largest absolute Gasteiger partial charge is 0.312 e. The molecule has 0 bridgehead atoms. The molecule has 1 atom stereocenters. The Morgan fingerprint density at radius 2 is 1.75 bits per heavy atom. The molecule has 1 N–H and O–H groups in total. The molecule has 0 radical (unpaired) electrons. The van der Waals surface area contributed by atoms with Crippen LogP contribution in [0.2, 0.25) is 0 Å². The van der Waals surface area contributed by atoms with Gasteiger partial charge in [0.2, 0.25) is 0 Å². The van der Waals surface area contributed by atoms with Crippen molar-refractivity contribution in [2.45, 2.75) is 77.4 Å². The van der Waals surface area contributed by atoms with E-state index >= 15 is 0 Å². The van der Waals surface area contributed by atoms with Crippen LogP contribution in [0, 0.1) is 0 Å². The predicted octanol–water partition coefficient (Wildman–Crippen LogP) is 3.03. The normalized spacial score (nSPS) is 18.4. The van der Waals surface area contributed by atoms with Gasteiger partial charge < -0.3 is 5.32 Å². The Kier molecular flexibility index (Phi) is 6.37. The second-order valence-corrected chi connectivity index (χ2v) is 5.26. The topological polar surface area (TPSA) is 15.3 Å². The number of likely N-dealkylation sites (N-methyl/N-ethyl adjacent to an activating group) is 1. The molecule has 0 heterocycles. The molecule has 1 fully saturated rings. The van der Waals surface area contributed by atoms with Crippen LogP contribution in [0.15, 0.2) is 0 Å². The van der Waals surface area contributed by atoms with Crippen molar-refractivity contribution in [3.63, 3.8) is 0 Å². The summed E-state index contributed by atoms with van der Waals surface area (Å²) in [6.07, 6.45) is 7.96. The molecule has 0 saturated heterocycles. The molecule has 1 saturated carbocycles. The first-order chi connectivity index (χ1) is 7.72. The molecule has 0 aromatic rings. The molecule has 16 heavy (non-hydrogen) atoms. The number of rotatable bonds is 9. The summed E-state index contributed by atoms with van der Waals surface area (Å²) in [5.41, 5.74) is 0. The van der Waals surface area contributed by atoms with Gasteiger partial charge in [-0.2, -0.15) is 0 Å². The van der Waals surface area contributed by atoms with E-state index in [2.05, 4.69) is 38.0 Å². The van der Waals surface area contributed by atoms with Crippen LogP contribution in [0.25, 0.3) is 0 Å². The smallest absolute Gasteiger partial charge is 0.0220 e. The maximum absolute atomic E-state index is 3.68. The molecule has 2 heteroatoms. The molecule has 1 aliphatic rings. The zero-order valence-electron chi connectivity index (χ0n) is 11.6. The lowest BCUT2D eigenvalue weighted by molar-refractivity contribution is 0.151. The first-order valence-corrected chi connectivity index (χ1v) is 7.18. The van der Waals surface area contributed by atoms with Crippen molar-refractivity contribution in [3.05, 3.63) is 0 Å². The van der Waals surface area contributed by atoms with Crippen LogP contribution in [-0.2, 0) is 0 Å². The number of nitrogens with one attached hydrogen (secondary N) is 1. The highest BCUT2D eigenvalue weighted by molar-refractivity contribution is 4.84. The van der Waals surface area contributed by atoms with E-state index in [0.717, 1.165) is 18.1 Å². The molecule has 0 amide bonds. The van der Waals surface area contributed by atoms with Gasteiger partial charge in [0.25, 0.3) is 0 Å². The monoisotopic (exact) mass is 226 g/mol. The maximum atomic E-state index is 3.68. The molecular formula is C14H30N2. The summed E-state index contributed by atoms with van der Waals surface area (Å²) in [5.74, 6) is 0. The van der Waals surface area contributed by atoms with Gasteiger partial charge in [0.1, 0.15) is 0 Å². The Morgan fingerprint density at radius 1 is 1.12 bits per heavy atom. The Balaban J connectivity index is 2.38. The molecule has 2 nitrogen and oxygen atoms in total. The van der Waals surface area contributed by atoms with Crippen molar-refractivity contribution >= 4 is 0 Å². The lowest BCUT2D eigenvalue weighted by Crippen LogP contribution is -2.45. The zero-order valence-corrected chi connectivity index (χ0v) is 11.6. The first-order valence-electron chi connectivity index (χ1n) is 7.18. The van der Waals surface area contributed by atoms with Gasteiger partial charge >= 0.3 is 0 Å². The highest BCUT2D eigenvalue weighted by Gasteiger charge is 2.24. The van der Waals surface area contributed by atoms with Crippen LogP contribution in [0.3, 0.4) is 0 Å². The lowest BCUT2D eigenvalue weighted by Gasteiger charge is -2.34. The Hall–Kier alpha value is -0.0800. The summed E-state index contributed by atoms with van der Waals surface area (Å²) in [6, 6.07) is 2.34. The van der Waals surface area contributed by atoms with Gasteiger partial charge in [0.05, 0.1) is 0 Å². The van der Waals surface area contributed by atoms with Crippen molar-refractivity contribution in [3.8, 4) is 0 Å². The van der Waals surface area contributed by atoms with E-state index in [0.29, 0.717) is 0 Å². The zero-order chi connectivity index (χ0) is 12.0. The van der Waals surface area contributed by atoms with Gasteiger partial charge in [-0.15, -0.1) is 0 Å². The van der Waals surface area contributed by atoms with E-state index in [1.165, 1.54) is 45.1 Å². The van der Waals surface area contributed by atoms with Crippen molar-refractivity contribution in [2.75, 3.05) is 13.6 Å². The fourth-order valence-electron chi connectivity index (χ4n) is 2.54. The minimum atomic E-state index is 0.732. The summed E-state index contributed by atoms with van der Waals surface area (Å²) in [5, 5.41) is 3.68. The van der Waals surface area contributed by atoms with E-state index in [1.807, 2.05) is 0 Å². The third-order valence-electron chi connectivity index (χ3n) is 3.94. The van der Waals surface area contributed by atoms with Crippen molar-refractivity contribution in [1.82, 2.24) is 10.2 Å². The van der Waals surface area contributed by atoms with Crippen molar-refractivity contribution in [1.29, 1.82) is 0 Å². The maximum Gasteiger partial charge on any atom is 0.0220 e. The summed E-state index contributed by atoms with van der Waals surface area (Å²) in [7, 11) is 2.31. The van der Waals surface area contributed by atoms with Crippen molar-refractivity contribution in [2.24, 2.45) is 0 Å². The fourth-order valence-corrected chi connectivity index (χ4v) is 2.54. The van der Waals surface area contributed by atoms with Crippen LogP contribution in [0.5, 0.6) is 0 Å². The van der Waals surface area contributed by atoms with Crippen LogP contribution in [-0.4, -0.2) is 36.6 Å². The summed E-state index contributed by atoms with van der Waals surface area (Å²) in [4.78, 5) is 2.61. The van der Waals surface area contributed by atoms with Crippen LogP contribution in [0.4, 0.5) is 0 Å². The quantitative estimate of drug-likeness (QED) is 0.650. The van der Waals surface area contributed by atoms with Gasteiger partial charge in [-0.1, -0.05) is 27.2 Å². The van der Waals surface area contributed by atoms with Gasteiger partial charge in [-0.25, -0.2) is 0 Å². The number of nitrogens with zero attached hydrogens (tertiary/aromatic N) is 1. The molecular weight excluding hydrogens is 196 g/mol. The van der Waals surface area contributed by atoms with E-state index in [-0.39, 0.29) is 0 Å². The molecule has 1 aliphatic carbocycles. The Bertz CT molecular complexity index is 174. The van der Waals surface area contributed by atoms with Gasteiger partial charge in [0.15, 0.2) is 0 Å².